The van der Waals surface area contributed by atoms with E-state index in [1.807, 2.05) is 0 Å². The number of nitrogens with one attached hydrogen (secondary N) is 1. The normalized spacial score (nSPS) is 12.0. The van der Waals surface area contributed by atoms with Crippen molar-refractivity contribution >= 4 is 5.91 Å². The summed E-state index contributed by atoms with van der Waals surface area (Å²) in [7, 11) is 0. The molecule has 0 bridgehead atoms. The van der Waals surface area contributed by atoms with E-state index in [1.54, 1.807) is 18.2 Å². The molecule has 1 atom stereocenters. The summed E-state index contributed by atoms with van der Waals surface area (Å²) in [6, 6.07) is 9.94. The molecule has 2 rings (SSSR count). The number of carbonyl (C=O) groups excluding carboxylic acids is 1. The lowest BCUT2D eigenvalue weighted by molar-refractivity contribution is -0.121. The van der Waals surface area contributed by atoms with Gasteiger partial charge in [-0.05, 0) is 30.2 Å². The van der Waals surface area contributed by atoms with Crippen molar-refractivity contribution in [2.45, 2.75) is 18.9 Å². The van der Waals surface area contributed by atoms with Gasteiger partial charge in [0, 0.05) is 13.0 Å². The molecular weight excluding hydrogens is 304 g/mol. The summed E-state index contributed by atoms with van der Waals surface area (Å²) < 4.78 is 27.0. The average molecular weight is 321 g/mol. The third-order valence-corrected chi connectivity index (χ3v) is 3.44. The van der Waals surface area contributed by atoms with Crippen molar-refractivity contribution in [3.8, 4) is 5.75 Å². The quantitative estimate of drug-likeness (QED) is 0.765. The van der Waals surface area contributed by atoms with E-state index < -0.39 is 23.3 Å². The van der Waals surface area contributed by atoms with E-state index in [0.717, 1.165) is 12.1 Å². The van der Waals surface area contributed by atoms with Crippen LogP contribution in [0.4, 0.5) is 8.78 Å². The van der Waals surface area contributed by atoms with Crippen LogP contribution in [0.25, 0.3) is 0 Å². The Morgan fingerprint density at radius 1 is 1.09 bits per heavy atom. The zero-order chi connectivity index (χ0) is 16.8. The summed E-state index contributed by atoms with van der Waals surface area (Å²) in [5.41, 5.74) is 0.164. The maximum absolute atomic E-state index is 13.5. The summed E-state index contributed by atoms with van der Waals surface area (Å²) >= 11 is 0. The standard InChI is InChI=1S/C17H17F2NO3/c18-12-5-3-6-13(19)17(12)15(22)10-20-16(23)9-8-11-4-1-2-7-14(11)21/h1-7,15,21-22H,8-10H2,(H,20,23). The van der Waals surface area contributed by atoms with Gasteiger partial charge in [-0.1, -0.05) is 24.3 Å². The van der Waals surface area contributed by atoms with Crippen LogP contribution >= 0.6 is 0 Å². The zero-order valence-electron chi connectivity index (χ0n) is 12.3. The van der Waals surface area contributed by atoms with Crippen LogP contribution in [0.15, 0.2) is 42.5 Å². The van der Waals surface area contributed by atoms with Gasteiger partial charge in [-0.25, -0.2) is 8.78 Å². The first-order valence-electron chi connectivity index (χ1n) is 7.14. The van der Waals surface area contributed by atoms with Crippen LogP contribution in [0.2, 0.25) is 0 Å². The molecule has 2 aromatic rings. The predicted molar refractivity (Wildman–Crippen MR) is 80.8 cm³/mol. The van der Waals surface area contributed by atoms with E-state index in [2.05, 4.69) is 5.32 Å². The van der Waals surface area contributed by atoms with E-state index in [-0.39, 0.29) is 24.6 Å². The first-order chi connectivity index (χ1) is 11.0. The summed E-state index contributed by atoms with van der Waals surface area (Å²) in [5, 5.41) is 21.8. The number of hydrogen-bond donors (Lipinski definition) is 3. The fraction of sp³-hybridized carbons (Fsp3) is 0.235. The minimum Gasteiger partial charge on any atom is -0.508 e. The first-order valence-corrected chi connectivity index (χ1v) is 7.14. The Hall–Kier alpha value is -2.47. The van der Waals surface area contributed by atoms with E-state index >= 15 is 0 Å². The minimum atomic E-state index is -1.47. The number of aryl methyl sites for hydroxylation is 1. The SMILES string of the molecule is O=C(CCc1ccccc1O)NCC(O)c1c(F)cccc1F. The fourth-order valence-electron chi connectivity index (χ4n) is 2.20. The second-order valence-corrected chi connectivity index (χ2v) is 5.08. The molecule has 2 aromatic carbocycles. The van der Waals surface area contributed by atoms with Crippen molar-refractivity contribution in [3.63, 3.8) is 0 Å². The van der Waals surface area contributed by atoms with Gasteiger partial charge in [-0.15, -0.1) is 0 Å². The Bertz CT molecular complexity index is 671. The molecule has 0 aromatic heterocycles. The molecule has 1 amide bonds. The van der Waals surface area contributed by atoms with Crippen molar-refractivity contribution in [2.75, 3.05) is 6.54 Å². The van der Waals surface area contributed by atoms with E-state index in [1.165, 1.54) is 12.1 Å². The van der Waals surface area contributed by atoms with Crippen molar-refractivity contribution in [1.29, 1.82) is 0 Å². The lowest BCUT2D eigenvalue weighted by Gasteiger charge is -2.14. The Morgan fingerprint density at radius 3 is 2.39 bits per heavy atom. The molecule has 0 aliphatic heterocycles. The molecule has 0 saturated heterocycles. The number of halogens is 2. The number of aromatic hydroxyl groups is 1. The third kappa shape index (κ3) is 4.50. The maximum Gasteiger partial charge on any atom is 0.220 e. The molecule has 0 aliphatic carbocycles. The van der Waals surface area contributed by atoms with Crippen LogP contribution in [0.5, 0.6) is 5.75 Å². The molecule has 122 valence electrons. The first kappa shape index (κ1) is 16.9. The molecule has 0 aliphatic rings. The van der Waals surface area contributed by atoms with Crippen LogP contribution in [0, 0.1) is 11.6 Å². The van der Waals surface area contributed by atoms with Gasteiger partial charge in [0.1, 0.15) is 23.5 Å². The second kappa shape index (κ2) is 7.69. The molecule has 4 nitrogen and oxygen atoms in total. The van der Waals surface area contributed by atoms with Crippen LogP contribution < -0.4 is 5.32 Å². The number of aliphatic hydroxyl groups is 1. The highest BCUT2D eigenvalue weighted by atomic mass is 19.1. The van der Waals surface area contributed by atoms with E-state index in [0.29, 0.717) is 12.0 Å². The van der Waals surface area contributed by atoms with Crippen molar-refractivity contribution < 1.29 is 23.8 Å². The highest BCUT2D eigenvalue weighted by Crippen LogP contribution is 2.20. The van der Waals surface area contributed by atoms with Crippen LogP contribution in [0.1, 0.15) is 23.7 Å². The maximum atomic E-state index is 13.5. The van der Waals surface area contributed by atoms with E-state index in [9.17, 15) is 23.8 Å². The Balaban J connectivity index is 1.86. The van der Waals surface area contributed by atoms with Gasteiger partial charge >= 0.3 is 0 Å². The third-order valence-electron chi connectivity index (χ3n) is 3.44. The topological polar surface area (TPSA) is 69.6 Å². The number of rotatable bonds is 6. The summed E-state index contributed by atoms with van der Waals surface area (Å²) in [4.78, 5) is 11.7. The Labute approximate surface area is 132 Å². The molecule has 0 heterocycles. The number of phenols is 1. The van der Waals surface area contributed by atoms with Gasteiger partial charge in [0.2, 0.25) is 5.91 Å². The lowest BCUT2D eigenvalue weighted by atomic mass is 10.1. The number of para-hydroxylation sites is 1. The molecular formula is C17H17F2NO3. The van der Waals surface area contributed by atoms with Gasteiger partial charge in [0.25, 0.3) is 0 Å². The monoisotopic (exact) mass is 321 g/mol. The van der Waals surface area contributed by atoms with Gasteiger partial charge < -0.3 is 15.5 Å². The number of aliphatic hydroxyl groups excluding tert-OH is 1. The summed E-state index contributed by atoms with van der Waals surface area (Å²) in [6.07, 6.45) is -1.06. The van der Waals surface area contributed by atoms with Crippen molar-refractivity contribution in [3.05, 3.63) is 65.2 Å². The minimum absolute atomic E-state index is 0.0873. The van der Waals surface area contributed by atoms with Gasteiger partial charge in [0.15, 0.2) is 0 Å². The molecule has 1 unspecified atom stereocenters. The van der Waals surface area contributed by atoms with Crippen LogP contribution in [-0.4, -0.2) is 22.7 Å². The molecule has 0 spiro atoms. The number of amides is 1. The lowest BCUT2D eigenvalue weighted by Crippen LogP contribution is -2.29. The van der Waals surface area contributed by atoms with Gasteiger partial charge in [-0.2, -0.15) is 0 Å². The van der Waals surface area contributed by atoms with Crippen LogP contribution in [-0.2, 0) is 11.2 Å². The molecule has 23 heavy (non-hydrogen) atoms. The number of phenolic OH excluding ortho intramolecular Hbond substituents is 1. The highest BCUT2D eigenvalue weighted by Gasteiger charge is 2.18. The molecule has 0 fully saturated rings. The average Bonchev–Trinajstić information content (AvgIpc) is 2.52. The van der Waals surface area contributed by atoms with Crippen LogP contribution in [0.3, 0.4) is 0 Å². The fourth-order valence-corrected chi connectivity index (χ4v) is 2.20. The van der Waals surface area contributed by atoms with Gasteiger partial charge in [-0.3, -0.25) is 4.79 Å². The van der Waals surface area contributed by atoms with E-state index in [4.69, 9.17) is 0 Å². The number of hydrogen-bond acceptors (Lipinski definition) is 3. The predicted octanol–water partition coefficient (Wildman–Crippen LogP) is 2.45. The molecule has 3 N–H and O–H groups in total. The number of carbonyl (C=O) groups is 1. The second-order valence-electron chi connectivity index (χ2n) is 5.08. The number of benzene rings is 2. The molecule has 6 heteroatoms. The Kier molecular flexibility index (Phi) is 5.65. The molecule has 0 saturated carbocycles. The largest absolute Gasteiger partial charge is 0.508 e. The van der Waals surface area contributed by atoms with Crippen molar-refractivity contribution in [1.82, 2.24) is 5.32 Å². The smallest absolute Gasteiger partial charge is 0.220 e. The summed E-state index contributed by atoms with van der Waals surface area (Å²) in [5.74, 6) is -2.00. The molecule has 0 radical (unpaired) electrons. The highest BCUT2D eigenvalue weighted by molar-refractivity contribution is 5.76. The summed E-state index contributed by atoms with van der Waals surface area (Å²) in [6.45, 7) is -0.294. The van der Waals surface area contributed by atoms with Gasteiger partial charge in [0.05, 0.1) is 5.56 Å². The Morgan fingerprint density at radius 2 is 1.74 bits per heavy atom. The van der Waals surface area contributed by atoms with Crippen molar-refractivity contribution in [2.24, 2.45) is 0 Å². The zero-order valence-corrected chi connectivity index (χ0v) is 12.3.